The fourth-order valence-electron chi connectivity index (χ4n) is 4.11. The quantitative estimate of drug-likeness (QED) is 0.403. The Morgan fingerprint density at radius 1 is 1.29 bits per heavy atom. The van der Waals surface area contributed by atoms with Crippen molar-refractivity contribution in [2.24, 2.45) is 10.9 Å². The van der Waals surface area contributed by atoms with Crippen LogP contribution < -0.4 is 15.4 Å². The highest BCUT2D eigenvalue weighted by molar-refractivity contribution is 5.81. The molecule has 31 heavy (non-hydrogen) atoms. The first kappa shape index (κ1) is 23.1. The second-order valence-corrected chi connectivity index (χ2v) is 7.95. The molecule has 2 fully saturated rings. The molecule has 172 valence electrons. The lowest BCUT2D eigenvalue weighted by Crippen LogP contribution is -2.46. The molecule has 1 saturated carbocycles. The van der Waals surface area contributed by atoms with Gasteiger partial charge in [-0.15, -0.1) is 0 Å². The van der Waals surface area contributed by atoms with Crippen LogP contribution in [0.15, 0.2) is 23.3 Å². The topological polar surface area (TPSA) is 78.9 Å². The smallest absolute Gasteiger partial charge is 0.421 e. The third kappa shape index (κ3) is 6.48. The number of rotatable bonds is 6. The number of aliphatic imine (C=N–C) groups is 1. The van der Waals surface area contributed by atoms with E-state index >= 15 is 0 Å². The van der Waals surface area contributed by atoms with Gasteiger partial charge in [-0.05, 0) is 31.4 Å². The molecular formula is C21H30F3N5O2. The summed E-state index contributed by atoms with van der Waals surface area (Å²) in [5.74, 6) is 0.511. The third-order valence-corrected chi connectivity index (χ3v) is 5.73. The Morgan fingerprint density at radius 2 is 2.06 bits per heavy atom. The summed E-state index contributed by atoms with van der Waals surface area (Å²) in [5.41, 5.74) is -0.897. The zero-order valence-corrected chi connectivity index (χ0v) is 17.7. The molecule has 1 aliphatic heterocycles. The van der Waals surface area contributed by atoms with Crippen molar-refractivity contribution < 1.29 is 22.7 Å². The van der Waals surface area contributed by atoms with Crippen LogP contribution in [0.25, 0.3) is 0 Å². The highest BCUT2D eigenvalue weighted by Crippen LogP contribution is 2.34. The normalized spacial score (nSPS) is 20.6. The second kappa shape index (κ2) is 10.7. The predicted octanol–water partition coefficient (Wildman–Crippen LogP) is 2.83. The summed E-state index contributed by atoms with van der Waals surface area (Å²) in [5, 5.41) is 6.32. The van der Waals surface area contributed by atoms with Crippen LogP contribution in [-0.2, 0) is 11.0 Å². The molecule has 2 heterocycles. The van der Waals surface area contributed by atoms with Gasteiger partial charge in [-0.1, -0.05) is 19.3 Å². The largest absolute Gasteiger partial charge is 0.475 e. The summed E-state index contributed by atoms with van der Waals surface area (Å²) in [6, 6.07) is 2.26. The number of likely N-dealkylation sites (tertiary alicyclic amines) is 1. The maximum absolute atomic E-state index is 13.0. The van der Waals surface area contributed by atoms with Crippen LogP contribution in [0.5, 0.6) is 5.88 Å². The zero-order chi connectivity index (χ0) is 22.3. The number of aromatic nitrogens is 1. The molecule has 0 bridgehead atoms. The van der Waals surface area contributed by atoms with Crippen LogP contribution in [0.4, 0.5) is 13.2 Å². The van der Waals surface area contributed by atoms with Crippen LogP contribution >= 0.6 is 0 Å². The molecule has 1 aliphatic carbocycles. The number of amides is 1. The van der Waals surface area contributed by atoms with Crippen LogP contribution in [0, 0.1) is 5.92 Å². The van der Waals surface area contributed by atoms with E-state index in [1.807, 2.05) is 4.90 Å². The third-order valence-electron chi connectivity index (χ3n) is 5.73. The van der Waals surface area contributed by atoms with Crippen molar-refractivity contribution in [3.05, 3.63) is 23.9 Å². The Morgan fingerprint density at radius 3 is 2.77 bits per heavy atom. The molecule has 0 aromatic carbocycles. The Labute approximate surface area is 180 Å². The van der Waals surface area contributed by atoms with E-state index in [2.05, 4.69) is 20.6 Å². The first-order chi connectivity index (χ1) is 14.9. The molecule has 2 N–H and O–H groups in total. The van der Waals surface area contributed by atoms with E-state index in [1.165, 1.54) is 18.7 Å². The number of pyridine rings is 1. The predicted molar refractivity (Wildman–Crippen MR) is 111 cm³/mol. The molecule has 3 rings (SSSR count). The van der Waals surface area contributed by atoms with Gasteiger partial charge < -0.3 is 20.3 Å². The van der Waals surface area contributed by atoms with E-state index in [0.29, 0.717) is 12.5 Å². The summed E-state index contributed by atoms with van der Waals surface area (Å²) in [6.07, 6.45) is 3.04. The number of carbonyl (C=O) groups excluding carboxylic acids is 1. The first-order valence-corrected chi connectivity index (χ1v) is 10.8. The number of ether oxygens (including phenoxy) is 1. The monoisotopic (exact) mass is 441 g/mol. The first-order valence-electron chi connectivity index (χ1n) is 10.8. The minimum absolute atomic E-state index is 0.00223. The summed E-state index contributed by atoms with van der Waals surface area (Å²) in [4.78, 5) is 22.5. The highest BCUT2D eigenvalue weighted by Gasteiger charge is 2.35. The maximum atomic E-state index is 13.0. The minimum Gasteiger partial charge on any atom is -0.475 e. The average Bonchev–Trinajstić information content (AvgIpc) is 3.24. The van der Waals surface area contributed by atoms with Crippen molar-refractivity contribution in [1.82, 2.24) is 20.5 Å². The molecular weight excluding hydrogens is 411 g/mol. The van der Waals surface area contributed by atoms with Crippen molar-refractivity contribution in [2.45, 2.75) is 50.7 Å². The molecule has 10 heteroatoms. The van der Waals surface area contributed by atoms with Crippen LogP contribution in [0.2, 0.25) is 0 Å². The maximum Gasteiger partial charge on any atom is 0.421 e. The minimum atomic E-state index is -4.52. The SMILES string of the molecule is CN=C(NCCOc1ncccc1C(F)(F)F)NC1CCN(C(=O)C2CCCCC2)C1. The number of halogens is 3. The molecule has 0 radical (unpaired) electrons. The van der Waals surface area contributed by atoms with Crippen LogP contribution in [-0.4, -0.2) is 61.1 Å². The van der Waals surface area contributed by atoms with Gasteiger partial charge in [0.05, 0.1) is 6.54 Å². The summed E-state index contributed by atoms with van der Waals surface area (Å²) in [7, 11) is 1.62. The molecule has 1 unspecified atom stereocenters. The van der Waals surface area contributed by atoms with Crippen molar-refractivity contribution in [2.75, 3.05) is 33.3 Å². The Kier molecular flexibility index (Phi) is 7.97. The fourth-order valence-corrected chi connectivity index (χ4v) is 4.11. The molecule has 2 aliphatic rings. The number of carbonyl (C=O) groups is 1. The highest BCUT2D eigenvalue weighted by atomic mass is 19.4. The van der Waals surface area contributed by atoms with E-state index in [4.69, 9.17) is 4.74 Å². The molecule has 7 nitrogen and oxygen atoms in total. The lowest BCUT2D eigenvalue weighted by molar-refractivity contribution is -0.139. The van der Waals surface area contributed by atoms with Gasteiger partial charge in [0.1, 0.15) is 12.2 Å². The molecule has 1 amide bonds. The number of nitrogens with zero attached hydrogens (tertiary/aromatic N) is 3. The van der Waals surface area contributed by atoms with Crippen molar-refractivity contribution in [3.8, 4) is 5.88 Å². The van der Waals surface area contributed by atoms with Crippen molar-refractivity contribution in [1.29, 1.82) is 0 Å². The van der Waals surface area contributed by atoms with E-state index < -0.39 is 17.6 Å². The summed E-state index contributed by atoms with van der Waals surface area (Å²) in [6.45, 7) is 1.62. The van der Waals surface area contributed by atoms with E-state index in [1.54, 1.807) is 7.05 Å². The van der Waals surface area contributed by atoms with Crippen molar-refractivity contribution in [3.63, 3.8) is 0 Å². The van der Waals surface area contributed by atoms with E-state index in [0.717, 1.165) is 44.7 Å². The number of alkyl halides is 3. The average molecular weight is 441 g/mol. The molecule has 1 aromatic rings. The lowest BCUT2D eigenvalue weighted by Gasteiger charge is -2.26. The van der Waals surface area contributed by atoms with Crippen LogP contribution in [0.1, 0.15) is 44.1 Å². The van der Waals surface area contributed by atoms with Gasteiger partial charge in [0.15, 0.2) is 5.96 Å². The number of hydrogen-bond donors (Lipinski definition) is 2. The number of hydrogen-bond acceptors (Lipinski definition) is 4. The zero-order valence-electron chi connectivity index (χ0n) is 17.7. The lowest BCUT2D eigenvalue weighted by atomic mass is 9.88. The van der Waals surface area contributed by atoms with Crippen molar-refractivity contribution >= 4 is 11.9 Å². The second-order valence-electron chi connectivity index (χ2n) is 7.95. The van der Waals surface area contributed by atoms with E-state index in [-0.39, 0.29) is 31.0 Å². The molecule has 1 saturated heterocycles. The molecule has 1 atom stereocenters. The van der Waals surface area contributed by atoms with Gasteiger partial charge in [0.2, 0.25) is 11.8 Å². The van der Waals surface area contributed by atoms with Gasteiger partial charge in [-0.25, -0.2) is 4.98 Å². The van der Waals surface area contributed by atoms with Gasteiger partial charge in [0, 0.05) is 38.3 Å². The van der Waals surface area contributed by atoms with Gasteiger partial charge in [-0.3, -0.25) is 9.79 Å². The fraction of sp³-hybridized carbons (Fsp3) is 0.667. The Balaban J connectivity index is 1.41. The van der Waals surface area contributed by atoms with E-state index in [9.17, 15) is 18.0 Å². The molecule has 1 aromatic heterocycles. The summed E-state index contributed by atoms with van der Waals surface area (Å²) >= 11 is 0. The Bertz CT molecular complexity index is 766. The van der Waals surface area contributed by atoms with Gasteiger partial charge in [-0.2, -0.15) is 13.2 Å². The van der Waals surface area contributed by atoms with Crippen LogP contribution in [0.3, 0.4) is 0 Å². The number of nitrogens with one attached hydrogen (secondary N) is 2. The van der Waals surface area contributed by atoms with Gasteiger partial charge in [0.25, 0.3) is 0 Å². The standard InChI is InChI=1S/C21H30F3N5O2/c1-25-20(27-11-13-31-18-17(21(22,23)24)8-5-10-26-18)28-16-9-12-29(14-16)19(30)15-6-3-2-4-7-15/h5,8,10,15-16H,2-4,6-7,9,11-14H2,1H3,(H2,25,27,28). The molecule has 0 spiro atoms. The van der Waals surface area contributed by atoms with Gasteiger partial charge >= 0.3 is 6.18 Å². The Hall–Kier alpha value is -2.52. The summed E-state index contributed by atoms with van der Waals surface area (Å²) < 4.78 is 44.2. The number of guanidine groups is 1.